The van der Waals surface area contributed by atoms with Gasteiger partial charge in [-0.25, -0.2) is 0 Å². The lowest BCUT2D eigenvalue weighted by atomic mass is 10.0. The van der Waals surface area contributed by atoms with E-state index in [-0.39, 0.29) is 0 Å². The van der Waals surface area contributed by atoms with Gasteiger partial charge in [0.2, 0.25) is 0 Å². The van der Waals surface area contributed by atoms with Crippen LogP contribution in [0.15, 0.2) is 0 Å². The molecule has 0 amide bonds. The van der Waals surface area contributed by atoms with Crippen LogP contribution in [0.25, 0.3) is 0 Å². The molecule has 8 aliphatic heterocycles. The van der Waals surface area contributed by atoms with Crippen molar-refractivity contribution >= 4 is 0 Å². The van der Waals surface area contributed by atoms with E-state index in [1.54, 1.807) is 0 Å². The van der Waals surface area contributed by atoms with E-state index < -0.39 is 250 Å². The number of hydrogen-bond acceptors (Lipinski definition) is 33. The lowest BCUT2D eigenvalue weighted by molar-refractivity contribution is -0.377. The summed E-state index contributed by atoms with van der Waals surface area (Å²) in [6.45, 7) is -4.73. The second kappa shape index (κ2) is 24.8. The van der Waals surface area contributed by atoms with Crippen LogP contribution in [-0.2, 0) is 71.1 Å². The second-order valence-corrected chi connectivity index (χ2v) is 18.7. The standard InChI is InChI=1S/C40H66O33/c41-1-10-18(45)27(54)39(65-10)72-31-15(70-34-24(51)17(44)9(43)3-60-34)7-63-37(29(31)56)69-14-6-62-36(26(53)22(14)49)71-16-8-64-38(30(57)32(16)73-40-28(55)19(46)11(2-42)66-40)68-13-5-61-35(25(52)21(13)48)67-12-4-59-33(58)23(50)20(12)47/h9-58H,1-8H2. The van der Waals surface area contributed by atoms with Gasteiger partial charge in [0.1, 0.15) is 146 Å². The summed E-state index contributed by atoms with van der Waals surface area (Å²) in [6.07, 6.45) is -53.9. The van der Waals surface area contributed by atoms with Crippen molar-refractivity contribution in [3.05, 3.63) is 0 Å². The maximum absolute atomic E-state index is 11.7. The maximum atomic E-state index is 11.7. The van der Waals surface area contributed by atoms with Crippen LogP contribution in [0.3, 0.4) is 0 Å². The zero-order chi connectivity index (χ0) is 52.7. The van der Waals surface area contributed by atoms with Crippen LogP contribution in [0.1, 0.15) is 0 Å². The van der Waals surface area contributed by atoms with E-state index in [2.05, 4.69) is 0 Å². The molecule has 32 atom stereocenters. The highest BCUT2D eigenvalue weighted by Gasteiger charge is 2.55. The van der Waals surface area contributed by atoms with Gasteiger partial charge < -0.3 is 163 Å². The summed E-state index contributed by atoms with van der Waals surface area (Å²) in [5.74, 6) is 0. The van der Waals surface area contributed by atoms with Gasteiger partial charge in [0, 0.05) is 0 Å². The minimum Gasteiger partial charge on any atom is -0.394 e. The van der Waals surface area contributed by atoms with Crippen molar-refractivity contribution in [3.63, 3.8) is 0 Å². The first-order chi connectivity index (χ1) is 34.7. The lowest BCUT2D eigenvalue weighted by Crippen LogP contribution is -2.64. The minimum atomic E-state index is -2.02. The Morgan fingerprint density at radius 3 is 0.959 bits per heavy atom. The Bertz CT molecular complexity index is 1710. The Morgan fingerprint density at radius 1 is 0.274 bits per heavy atom. The number of aliphatic hydroxyl groups excluding tert-OH is 18. The fourth-order valence-electron chi connectivity index (χ4n) is 9.26. The number of ether oxygens (including phenoxy) is 15. The van der Waals surface area contributed by atoms with Gasteiger partial charge in [0.05, 0.1) is 52.9 Å². The molecule has 8 rings (SSSR count). The normalized spacial score (nSPS) is 54.2. The van der Waals surface area contributed by atoms with Gasteiger partial charge in [-0.2, -0.15) is 0 Å². The van der Waals surface area contributed by atoms with Gasteiger partial charge in [-0.05, 0) is 0 Å². The number of rotatable bonds is 16. The highest BCUT2D eigenvalue weighted by Crippen LogP contribution is 2.35. The van der Waals surface area contributed by atoms with Crippen molar-refractivity contribution < 1.29 is 163 Å². The molecule has 0 saturated carbocycles. The molecular formula is C40H66O33. The third-order valence-corrected chi connectivity index (χ3v) is 13.7. The Labute approximate surface area is 412 Å². The van der Waals surface area contributed by atoms with Crippen LogP contribution >= 0.6 is 0 Å². The van der Waals surface area contributed by atoms with E-state index in [9.17, 15) is 91.9 Å². The zero-order valence-electron chi connectivity index (χ0n) is 38.3. The van der Waals surface area contributed by atoms with Crippen molar-refractivity contribution in [2.24, 2.45) is 0 Å². The average Bonchev–Trinajstić information content (AvgIpc) is 3.81. The molecule has 33 heteroatoms. The van der Waals surface area contributed by atoms with Crippen LogP contribution in [0.5, 0.6) is 0 Å². The largest absolute Gasteiger partial charge is 0.394 e. The molecule has 0 aromatic heterocycles. The summed E-state index contributed by atoms with van der Waals surface area (Å²) in [4.78, 5) is 0. The average molecular weight is 1070 g/mol. The minimum absolute atomic E-state index is 0.425. The van der Waals surface area contributed by atoms with Gasteiger partial charge in [-0.1, -0.05) is 0 Å². The molecule has 8 heterocycles. The van der Waals surface area contributed by atoms with E-state index in [1.165, 1.54) is 0 Å². The molecule has 8 aliphatic rings. The Kier molecular flexibility index (Phi) is 19.6. The predicted molar refractivity (Wildman–Crippen MR) is 216 cm³/mol. The second-order valence-electron chi connectivity index (χ2n) is 18.7. The Hall–Kier alpha value is -1.32. The van der Waals surface area contributed by atoms with Crippen molar-refractivity contribution in [1.82, 2.24) is 0 Å². The van der Waals surface area contributed by atoms with Gasteiger partial charge in [0.15, 0.2) is 50.3 Å². The molecular weight excluding hydrogens is 1010 g/mol. The first-order valence-electron chi connectivity index (χ1n) is 23.4. The molecule has 0 aromatic carbocycles. The highest BCUT2D eigenvalue weighted by molar-refractivity contribution is 4.97. The molecule has 8 fully saturated rings. The molecule has 0 aromatic rings. The first kappa shape index (κ1) is 57.8. The Balaban J connectivity index is 0.905. The van der Waals surface area contributed by atoms with E-state index in [0.717, 1.165) is 0 Å². The fraction of sp³-hybridized carbons (Fsp3) is 1.00. The van der Waals surface area contributed by atoms with Crippen molar-refractivity contribution in [2.75, 3.05) is 52.9 Å². The van der Waals surface area contributed by atoms with E-state index in [4.69, 9.17) is 71.1 Å². The van der Waals surface area contributed by atoms with Gasteiger partial charge in [-0.3, -0.25) is 0 Å². The van der Waals surface area contributed by atoms with Crippen LogP contribution in [-0.4, -0.2) is 342 Å². The predicted octanol–water partition coefficient (Wildman–Crippen LogP) is -13.3. The molecule has 33 nitrogen and oxygen atoms in total. The lowest BCUT2D eigenvalue weighted by Gasteiger charge is -2.46. The molecule has 18 N–H and O–H groups in total. The first-order valence-corrected chi connectivity index (χ1v) is 23.4. The van der Waals surface area contributed by atoms with Gasteiger partial charge in [-0.15, -0.1) is 0 Å². The highest BCUT2D eigenvalue weighted by atomic mass is 16.8. The van der Waals surface area contributed by atoms with Crippen LogP contribution in [0.2, 0.25) is 0 Å². The molecule has 424 valence electrons. The third kappa shape index (κ3) is 12.3. The van der Waals surface area contributed by atoms with Gasteiger partial charge in [0.25, 0.3) is 0 Å². The Morgan fingerprint density at radius 2 is 0.575 bits per heavy atom. The monoisotopic (exact) mass is 1070 g/mol. The molecule has 8 saturated heterocycles. The summed E-state index contributed by atoms with van der Waals surface area (Å²) in [5.41, 5.74) is 0. The summed E-state index contributed by atoms with van der Waals surface area (Å²) in [7, 11) is 0. The van der Waals surface area contributed by atoms with Crippen molar-refractivity contribution in [3.8, 4) is 0 Å². The number of aliphatic hydroxyl groups is 18. The topological polar surface area (TPSA) is 503 Å². The SMILES string of the molecule is OCC1OC(OC2C(OC3OCC(O)C(O)C3O)COC(OC3COC(OC4COC(OC5COC(OC6COC(O)C(O)C6O)C(O)C5O)C(O)C4OC4OC(CO)C(O)C4O)C(O)C3O)C2O)C(O)C1O. The molecule has 73 heavy (non-hydrogen) atoms. The molecule has 0 spiro atoms. The summed E-state index contributed by atoms with van der Waals surface area (Å²) >= 11 is 0. The van der Waals surface area contributed by atoms with Crippen molar-refractivity contribution in [2.45, 2.75) is 197 Å². The van der Waals surface area contributed by atoms with E-state index >= 15 is 0 Å². The van der Waals surface area contributed by atoms with Crippen LogP contribution < -0.4 is 0 Å². The molecule has 0 bridgehead atoms. The maximum Gasteiger partial charge on any atom is 0.187 e. The zero-order valence-corrected chi connectivity index (χ0v) is 38.3. The summed E-state index contributed by atoms with van der Waals surface area (Å²) in [6, 6.07) is 0. The quantitative estimate of drug-likeness (QED) is 0.0682. The molecule has 32 unspecified atom stereocenters. The van der Waals surface area contributed by atoms with Crippen LogP contribution in [0.4, 0.5) is 0 Å². The van der Waals surface area contributed by atoms with Gasteiger partial charge >= 0.3 is 0 Å². The number of hydrogen-bond donors (Lipinski definition) is 18. The van der Waals surface area contributed by atoms with Crippen LogP contribution in [0, 0.1) is 0 Å². The molecule has 0 aliphatic carbocycles. The summed E-state index contributed by atoms with van der Waals surface area (Å²) < 4.78 is 84.3. The van der Waals surface area contributed by atoms with Crippen molar-refractivity contribution in [1.29, 1.82) is 0 Å². The van der Waals surface area contributed by atoms with E-state index in [1.807, 2.05) is 0 Å². The fourth-order valence-corrected chi connectivity index (χ4v) is 9.26. The smallest absolute Gasteiger partial charge is 0.187 e. The van der Waals surface area contributed by atoms with E-state index in [0.29, 0.717) is 0 Å². The third-order valence-electron chi connectivity index (χ3n) is 13.7. The molecule has 0 radical (unpaired) electrons. The summed E-state index contributed by atoms with van der Waals surface area (Å²) in [5, 5.41) is 190.